The molecule has 0 saturated carbocycles. The topological polar surface area (TPSA) is 29.1 Å². The van der Waals surface area contributed by atoms with Crippen molar-refractivity contribution in [1.82, 2.24) is 5.32 Å². The number of carbonyl (C=O) groups excluding carboxylic acids is 1. The van der Waals surface area contributed by atoms with Crippen molar-refractivity contribution in [2.45, 2.75) is 18.3 Å². The Morgan fingerprint density at radius 3 is 2.93 bits per heavy atom. The van der Waals surface area contributed by atoms with Gasteiger partial charge in [-0.1, -0.05) is 24.3 Å². The molecular weight excluding hydrogens is 174 g/mol. The molecule has 0 bridgehead atoms. The van der Waals surface area contributed by atoms with Crippen LogP contribution in [0.1, 0.15) is 28.8 Å². The smallest absolute Gasteiger partial charge is 0.164 e. The lowest BCUT2D eigenvalue weighted by Gasteiger charge is -2.21. The zero-order valence-electron chi connectivity index (χ0n) is 8.05. The summed E-state index contributed by atoms with van der Waals surface area (Å²) >= 11 is 0. The number of ketones is 1. The van der Waals surface area contributed by atoms with Gasteiger partial charge in [-0.3, -0.25) is 4.79 Å². The van der Waals surface area contributed by atoms with Crippen LogP contribution in [-0.4, -0.2) is 18.9 Å². The Morgan fingerprint density at radius 2 is 2.14 bits per heavy atom. The molecule has 1 heterocycles. The Hall–Kier alpha value is -1.15. The van der Waals surface area contributed by atoms with Crippen molar-refractivity contribution in [3.63, 3.8) is 0 Å². The molecule has 2 nitrogen and oxygen atoms in total. The molecule has 1 saturated heterocycles. The Bertz CT molecular complexity index is 391. The van der Waals surface area contributed by atoms with Gasteiger partial charge in [0, 0.05) is 23.9 Å². The predicted molar refractivity (Wildman–Crippen MR) is 54.6 cm³/mol. The van der Waals surface area contributed by atoms with Gasteiger partial charge >= 0.3 is 0 Å². The monoisotopic (exact) mass is 187 g/mol. The first-order valence-corrected chi connectivity index (χ1v) is 5.15. The number of nitrogens with one attached hydrogen (secondary N) is 1. The van der Waals surface area contributed by atoms with Crippen LogP contribution < -0.4 is 5.32 Å². The molecule has 1 atom stereocenters. The molecular formula is C12H13NO. The zero-order valence-corrected chi connectivity index (χ0v) is 8.05. The fourth-order valence-corrected chi connectivity index (χ4v) is 2.81. The number of carbonyl (C=O) groups is 1. The van der Waals surface area contributed by atoms with Crippen LogP contribution in [0.25, 0.3) is 0 Å². The Morgan fingerprint density at radius 1 is 1.29 bits per heavy atom. The average molecular weight is 187 g/mol. The van der Waals surface area contributed by atoms with E-state index in [1.165, 1.54) is 5.56 Å². The van der Waals surface area contributed by atoms with Crippen LogP contribution in [0.5, 0.6) is 0 Å². The van der Waals surface area contributed by atoms with E-state index in [9.17, 15) is 4.79 Å². The van der Waals surface area contributed by atoms with Crippen LogP contribution in [0.15, 0.2) is 24.3 Å². The lowest BCUT2D eigenvalue weighted by Crippen LogP contribution is -2.26. The summed E-state index contributed by atoms with van der Waals surface area (Å²) in [5, 5.41) is 3.36. The number of Topliss-reactive ketones (excluding diaryl/α,β-unsaturated/α-hetero) is 1. The fraction of sp³-hybridized carbons (Fsp3) is 0.417. The molecule has 0 amide bonds. The van der Waals surface area contributed by atoms with Crippen molar-refractivity contribution in [2.24, 2.45) is 0 Å². The van der Waals surface area contributed by atoms with Gasteiger partial charge < -0.3 is 5.32 Å². The highest BCUT2D eigenvalue weighted by atomic mass is 16.1. The number of hydrogen-bond donors (Lipinski definition) is 1. The lowest BCUT2D eigenvalue weighted by atomic mass is 9.81. The molecule has 14 heavy (non-hydrogen) atoms. The van der Waals surface area contributed by atoms with Crippen molar-refractivity contribution in [1.29, 1.82) is 0 Å². The van der Waals surface area contributed by atoms with Gasteiger partial charge in [0.15, 0.2) is 5.78 Å². The van der Waals surface area contributed by atoms with Gasteiger partial charge in [0.1, 0.15) is 0 Å². The summed E-state index contributed by atoms with van der Waals surface area (Å²) in [4.78, 5) is 11.8. The molecule has 1 fully saturated rings. The minimum Gasteiger partial charge on any atom is -0.316 e. The van der Waals surface area contributed by atoms with E-state index in [0.29, 0.717) is 12.2 Å². The van der Waals surface area contributed by atoms with Crippen LogP contribution in [0.2, 0.25) is 0 Å². The largest absolute Gasteiger partial charge is 0.316 e. The zero-order chi connectivity index (χ0) is 9.60. The van der Waals surface area contributed by atoms with Crippen molar-refractivity contribution in [2.75, 3.05) is 13.1 Å². The summed E-state index contributed by atoms with van der Waals surface area (Å²) in [5.41, 5.74) is 2.36. The molecule has 72 valence electrons. The molecule has 1 aliphatic heterocycles. The summed E-state index contributed by atoms with van der Waals surface area (Å²) in [6.45, 7) is 2.01. The van der Waals surface area contributed by atoms with E-state index in [4.69, 9.17) is 0 Å². The summed E-state index contributed by atoms with van der Waals surface area (Å²) in [5.74, 6) is 0.323. The van der Waals surface area contributed by atoms with Gasteiger partial charge in [-0.25, -0.2) is 0 Å². The molecule has 1 N–H and O–H groups in total. The van der Waals surface area contributed by atoms with Gasteiger partial charge in [0.2, 0.25) is 0 Å². The quantitative estimate of drug-likeness (QED) is 0.667. The minimum absolute atomic E-state index is 0.133. The number of rotatable bonds is 0. The first-order valence-electron chi connectivity index (χ1n) is 5.15. The third kappa shape index (κ3) is 0.919. The van der Waals surface area contributed by atoms with Gasteiger partial charge in [-0.2, -0.15) is 0 Å². The summed E-state index contributed by atoms with van der Waals surface area (Å²) in [6.07, 6.45) is 1.81. The standard InChI is InChI=1S/C12H13NO/c14-11-7-12(5-6-13-8-12)10-4-2-1-3-9(10)11/h1-4,13H,5-8H2. The van der Waals surface area contributed by atoms with Crippen LogP contribution in [0, 0.1) is 0 Å². The Kier molecular flexibility index (Phi) is 1.56. The van der Waals surface area contributed by atoms with E-state index in [2.05, 4.69) is 11.4 Å². The third-order valence-corrected chi connectivity index (χ3v) is 3.54. The Balaban J connectivity index is 2.18. The second kappa shape index (κ2) is 2.67. The van der Waals surface area contributed by atoms with E-state index in [1.807, 2.05) is 18.2 Å². The molecule has 1 aliphatic carbocycles. The maximum Gasteiger partial charge on any atom is 0.164 e. The molecule has 2 heteroatoms. The minimum atomic E-state index is 0.133. The number of benzene rings is 1. The maximum absolute atomic E-state index is 11.8. The van der Waals surface area contributed by atoms with E-state index in [1.54, 1.807) is 0 Å². The van der Waals surface area contributed by atoms with Crippen molar-refractivity contribution in [3.05, 3.63) is 35.4 Å². The summed E-state index contributed by atoms with van der Waals surface area (Å²) in [7, 11) is 0. The van der Waals surface area contributed by atoms with Crippen molar-refractivity contribution in [3.8, 4) is 0 Å². The molecule has 3 rings (SSSR count). The fourth-order valence-electron chi connectivity index (χ4n) is 2.81. The molecule has 1 aromatic carbocycles. The van der Waals surface area contributed by atoms with E-state index < -0.39 is 0 Å². The predicted octanol–water partition coefficient (Wildman–Crippen LogP) is 1.50. The first kappa shape index (κ1) is 8.18. The SMILES string of the molecule is O=C1CC2(CCNC2)c2ccccc21. The van der Waals surface area contributed by atoms with Crippen LogP contribution in [0.3, 0.4) is 0 Å². The van der Waals surface area contributed by atoms with E-state index >= 15 is 0 Å². The average Bonchev–Trinajstić information content (AvgIpc) is 2.77. The van der Waals surface area contributed by atoms with Gasteiger partial charge in [-0.05, 0) is 18.5 Å². The molecule has 0 radical (unpaired) electrons. The van der Waals surface area contributed by atoms with Crippen LogP contribution >= 0.6 is 0 Å². The summed E-state index contributed by atoms with van der Waals surface area (Å²) < 4.78 is 0. The second-order valence-corrected chi connectivity index (χ2v) is 4.35. The maximum atomic E-state index is 11.8. The third-order valence-electron chi connectivity index (χ3n) is 3.54. The molecule has 2 aliphatic rings. The number of hydrogen-bond acceptors (Lipinski definition) is 2. The van der Waals surface area contributed by atoms with Crippen LogP contribution in [0.4, 0.5) is 0 Å². The number of fused-ring (bicyclic) bond motifs is 2. The van der Waals surface area contributed by atoms with Gasteiger partial charge in [0.05, 0.1) is 0 Å². The normalized spacial score (nSPS) is 29.9. The first-order chi connectivity index (χ1) is 6.82. The molecule has 1 spiro atoms. The lowest BCUT2D eigenvalue weighted by molar-refractivity contribution is 0.0976. The summed E-state index contributed by atoms with van der Waals surface area (Å²) in [6, 6.07) is 8.08. The molecule has 0 aromatic heterocycles. The van der Waals surface area contributed by atoms with Gasteiger partial charge in [-0.15, -0.1) is 0 Å². The van der Waals surface area contributed by atoms with E-state index in [-0.39, 0.29) is 5.41 Å². The molecule has 1 unspecified atom stereocenters. The molecule has 1 aromatic rings. The highest BCUT2D eigenvalue weighted by molar-refractivity contribution is 6.02. The van der Waals surface area contributed by atoms with Crippen molar-refractivity contribution >= 4 is 5.78 Å². The second-order valence-electron chi connectivity index (χ2n) is 4.35. The van der Waals surface area contributed by atoms with Gasteiger partial charge in [0.25, 0.3) is 0 Å². The Labute approximate surface area is 83.3 Å². The highest BCUT2D eigenvalue weighted by Crippen LogP contribution is 2.42. The van der Waals surface area contributed by atoms with Crippen molar-refractivity contribution < 1.29 is 4.79 Å². The van der Waals surface area contributed by atoms with E-state index in [0.717, 1.165) is 25.1 Å². The highest BCUT2D eigenvalue weighted by Gasteiger charge is 2.44. The van der Waals surface area contributed by atoms with Crippen LogP contribution in [-0.2, 0) is 5.41 Å².